The van der Waals surface area contributed by atoms with Gasteiger partial charge in [0.25, 0.3) is 5.56 Å². The fraction of sp³-hybridized carbons (Fsp3) is 0.353. The molecule has 6 rings (SSSR count). The molecule has 1 aromatic heterocycles. The van der Waals surface area contributed by atoms with Gasteiger partial charge < -0.3 is 4.74 Å². The van der Waals surface area contributed by atoms with Gasteiger partial charge in [0.15, 0.2) is 0 Å². The minimum atomic E-state index is -0.753. The van der Waals surface area contributed by atoms with Crippen LogP contribution in [0.4, 0.5) is 4.39 Å². The Hall–Kier alpha value is -3.81. The number of halogens is 1. The summed E-state index contributed by atoms with van der Waals surface area (Å²) < 4.78 is 24.4. The van der Waals surface area contributed by atoms with Crippen LogP contribution in [-0.2, 0) is 36.6 Å². The molecule has 0 aliphatic carbocycles. The van der Waals surface area contributed by atoms with E-state index >= 15 is 0 Å². The largest absolute Gasteiger partial charge is 0.364 e. The lowest BCUT2D eigenvalue weighted by Gasteiger charge is -2.39. The topological polar surface area (TPSA) is 56.5 Å². The van der Waals surface area contributed by atoms with Crippen molar-refractivity contribution in [2.75, 3.05) is 13.1 Å². The molecule has 41 heavy (non-hydrogen) atoms. The molecule has 4 aromatic rings. The first-order valence-corrected chi connectivity index (χ1v) is 14.4. The highest BCUT2D eigenvalue weighted by atomic mass is 19.1. The number of ether oxygens (including phenoxy) is 1. The molecule has 1 saturated heterocycles. The van der Waals surface area contributed by atoms with E-state index in [4.69, 9.17) is 4.74 Å². The van der Waals surface area contributed by atoms with Crippen LogP contribution in [0.1, 0.15) is 59.2 Å². The number of benzene rings is 3. The molecule has 6 nitrogen and oxygen atoms in total. The van der Waals surface area contributed by atoms with Crippen LogP contribution in [0, 0.1) is 12.7 Å². The zero-order valence-corrected chi connectivity index (χ0v) is 23.7. The van der Waals surface area contributed by atoms with Crippen LogP contribution >= 0.6 is 0 Å². The summed E-state index contributed by atoms with van der Waals surface area (Å²) in [6.07, 6.45) is 1.32. The SMILES string of the molecule is Cc1cccc(F)c1Cn1c2c(c(=O)n(C[C@H](C)c3ccccc3)c1=O)C1(CCN(Cc3ccccc3)CC1)OC2. The van der Waals surface area contributed by atoms with Crippen LogP contribution in [0.15, 0.2) is 88.5 Å². The van der Waals surface area contributed by atoms with E-state index in [-0.39, 0.29) is 37.0 Å². The van der Waals surface area contributed by atoms with E-state index in [0.717, 1.165) is 30.8 Å². The highest BCUT2D eigenvalue weighted by molar-refractivity contribution is 5.33. The second-order valence-corrected chi connectivity index (χ2v) is 11.5. The van der Waals surface area contributed by atoms with Crippen molar-refractivity contribution in [3.63, 3.8) is 0 Å². The molecule has 0 amide bonds. The van der Waals surface area contributed by atoms with E-state index in [1.807, 2.05) is 68.4 Å². The van der Waals surface area contributed by atoms with Crippen LogP contribution in [0.25, 0.3) is 0 Å². The number of fused-ring (bicyclic) bond motifs is 2. The lowest BCUT2D eigenvalue weighted by molar-refractivity contribution is -0.0810. The fourth-order valence-electron chi connectivity index (χ4n) is 6.45. The summed E-state index contributed by atoms with van der Waals surface area (Å²) in [6, 6.07) is 25.2. The Bertz CT molecular complexity index is 1630. The van der Waals surface area contributed by atoms with Gasteiger partial charge in [-0.05, 0) is 48.4 Å². The van der Waals surface area contributed by atoms with Crippen LogP contribution < -0.4 is 11.2 Å². The molecular formula is C34H36FN3O3. The Balaban J connectivity index is 1.40. The van der Waals surface area contributed by atoms with E-state index in [1.165, 1.54) is 16.2 Å². The maximum atomic E-state index is 15.0. The minimum Gasteiger partial charge on any atom is -0.364 e. The van der Waals surface area contributed by atoms with Crippen molar-refractivity contribution in [3.05, 3.63) is 139 Å². The molecular weight excluding hydrogens is 517 g/mol. The second-order valence-electron chi connectivity index (χ2n) is 11.5. The predicted octanol–water partition coefficient (Wildman–Crippen LogP) is 5.33. The van der Waals surface area contributed by atoms with Gasteiger partial charge in [0.2, 0.25) is 0 Å². The zero-order valence-electron chi connectivity index (χ0n) is 23.7. The third kappa shape index (κ3) is 5.20. The van der Waals surface area contributed by atoms with Crippen molar-refractivity contribution in [2.45, 2.75) is 64.4 Å². The third-order valence-corrected chi connectivity index (χ3v) is 8.88. The molecule has 1 fully saturated rings. The number of hydrogen-bond donors (Lipinski definition) is 0. The molecule has 2 aliphatic rings. The summed E-state index contributed by atoms with van der Waals surface area (Å²) in [5.74, 6) is -0.418. The zero-order chi connectivity index (χ0) is 28.6. The first kappa shape index (κ1) is 27.4. The van der Waals surface area contributed by atoms with Crippen LogP contribution in [-0.4, -0.2) is 27.1 Å². The van der Waals surface area contributed by atoms with Crippen molar-refractivity contribution in [3.8, 4) is 0 Å². The van der Waals surface area contributed by atoms with Crippen molar-refractivity contribution < 1.29 is 9.13 Å². The normalized spacial score (nSPS) is 17.0. The summed E-state index contributed by atoms with van der Waals surface area (Å²) in [6.45, 7) is 6.72. The number of likely N-dealkylation sites (tertiary alicyclic amines) is 1. The molecule has 0 unspecified atom stereocenters. The Kier molecular flexibility index (Phi) is 7.49. The average Bonchev–Trinajstić information content (AvgIpc) is 3.35. The summed E-state index contributed by atoms with van der Waals surface area (Å²) in [5.41, 5.74) is 3.24. The monoisotopic (exact) mass is 553 g/mol. The Morgan fingerprint density at radius 1 is 0.878 bits per heavy atom. The Morgan fingerprint density at radius 3 is 2.24 bits per heavy atom. The molecule has 0 radical (unpaired) electrons. The van der Waals surface area contributed by atoms with Gasteiger partial charge in [-0.3, -0.25) is 18.8 Å². The van der Waals surface area contributed by atoms with E-state index < -0.39 is 11.3 Å². The van der Waals surface area contributed by atoms with Crippen molar-refractivity contribution in [2.24, 2.45) is 0 Å². The summed E-state index contributed by atoms with van der Waals surface area (Å²) in [4.78, 5) is 30.6. The lowest BCUT2D eigenvalue weighted by Crippen LogP contribution is -2.49. The number of aryl methyl sites for hydroxylation is 1. The van der Waals surface area contributed by atoms with Gasteiger partial charge in [-0.2, -0.15) is 0 Å². The maximum absolute atomic E-state index is 15.0. The lowest BCUT2D eigenvalue weighted by atomic mass is 9.85. The smallest absolute Gasteiger partial charge is 0.331 e. The fourth-order valence-corrected chi connectivity index (χ4v) is 6.45. The third-order valence-electron chi connectivity index (χ3n) is 8.88. The van der Waals surface area contributed by atoms with Crippen molar-refractivity contribution in [1.29, 1.82) is 0 Å². The van der Waals surface area contributed by atoms with Gasteiger partial charge in [0.05, 0.1) is 24.4 Å². The standard InChI is InChI=1S/C34H36FN3O3/c1-24-10-9-15-29(35)28(24)22-37-30-23-41-34(16-18-36(19-17-34)21-26-11-5-3-6-12-26)31(30)32(39)38(33(37)40)20-25(2)27-13-7-4-8-14-27/h3-15,25H,16-23H2,1-2H3/t25-/m0/s1. The molecule has 0 saturated carbocycles. The number of hydrogen-bond acceptors (Lipinski definition) is 4. The van der Waals surface area contributed by atoms with E-state index in [1.54, 1.807) is 10.6 Å². The number of nitrogens with zero attached hydrogens (tertiary/aromatic N) is 3. The molecule has 0 N–H and O–H groups in total. The highest BCUT2D eigenvalue weighted by Gasteiger charge is 2.47. The molecule has 1 spiro atoms. The van der Waals surface area contributed by atoms with E-state index in [2.05, 4.69) is 17.0 Å². The van der Waals surface area contributed by atoms with E-state index in [0.29, 0.717) is 29.7 Å². The number of piperidine rings is 1. The molecule has 2 aliphatic heterocycles. The minimum absolute atomic E-state index is 0.0548. The van der Waals surface area contributed by atoms with Gasteiger partial charge in [0, 0.05) is 31.7 Å². The quantitative estimate of drug-likeness (QED) is 0.311. The average molecular weight is 554 g/mol. The van der Waals surface area contributed by atoms with Gasteiger partial charge in [-0.1, -0.05) is 79.7 Å². The van der Waals surface area contributed by atoms with E-state index in [9.17, 15) is 14.0 Å². The molecule has 3 aromatic carbocycles. The second kappa shape index (κ2) is 11.2. The van der Waals surface area contributed by atoms with Crippen molar-refractivity contribution in [1.82, 2.24) is 14.0 Å². The maximum Gasteiger partial charge on any atom is 0.331 e. The first-order valence-electron chi connectivity index (χ1n) is 14.4. The van der Waals surface area contributed by atoms with Crippen molar-refractivity contribution >= 4 is 0 Å². The Morgan fingerprint density at radius 2 is 1.56 bits per heavy atom. The van der Waals surface area contributed by atoms with Crippen LogP contribution in [0.3, 0.4) is 0 Å². The Labute approximate surface area is 239 Å². The molecule has 7 heteroatoms. The molecule has 1 atom stereocenters. The number of rotatable bonds is 7. The number of aromatic nitrogens is 2. The van der Waals surface area contributed by atoms with Gasteiger partial charge >= 0.3 is 5.69 Å². The van der Waals surface area contributed by atoms with Crippen LogP contribution in [0.2, 0.25) is 0 Å². The van der Waals surface area contributed by atoms with Gasteiger partial charge in [-0.25, -0.2) is 9.18 Å². The molecule has 3 heterocycles. The van der Waals surface area contributed by atoms with Crippen LogP contribution in [0.5, 0.6) is 0 Å². The molecule has 212 valence electrons. The first-order chi connectivity index (χ1) is 19.9. The highest BCUT2D eigenvalue weighted by Crippen LogP contribution is 2.42. The summed E-state index contributed by atoms with van der Waals surface area (Å²) >= 11 is 0. The predicted molar refractivity (Wildman–Crippen MR) is 157 cm³/mol. The molecule has 0 bridgehead atoms. The summed E-state index contributed by atoms with van der Waals surface area (Å²) in [5, 5.41) is 0. The summed E-state index contributed by atoms with van der Waals surface area (Å²) in [7, 11) is 0. The van der Waals surface area contributed by atoms with Gasteiger partial charge in [0.1, 0.15) is 11.4 Å². The van der Waals surface area contributed by atoms with Gasteiger partial charge in [-0.15, -0.1) is 0 Å².